The fraction of sp³-hybridized carbons (Fsp3) is 0.0667. The highest BCUT2D eigenvalue weighted by Crippen LogP contribution is 2.32. The van der Waals surface area contributed by atoms with Gasteiger partial charge in [-0.1, -0.05) is 46.6 Å². The molecule has 110 valence electrons. The Kier molecular flexibility index (Phi) is 3.60. The number of halogens is 1. The summed E-state index contributed by atoms with van der Waals surface area (Å²) in [4.78, 5) is 14.8. The van der Waals surface area contributed by atoms with Crippen molar-refractivity contribution in [1.82, 2.24) is 10.1 Å². The quantitative estimate of drug-likeness (QED) is 0.532. The molecular weight excluding hydrogens is 306 g/mol. The molecule has 0 unspecified atom stereocenters. The second kappa shape index (κ2) is 5.57. The smallest absolute Gasteiger partial charge is 0.283 e. The van der Waals surface area contributed by atoms with Crippen molar-refractivity contribution >= 4 is 17.3 Å². The zero-order chi connectivity index (χ0) is 15.7. The van der Waals surface area contributed by atoms with E-state index < -0.39 is 4.92 Å². The van der Waals surface area contributed by atoms with Crippen LogP contribution in [0.5, 0.6) is 0 Å². The molecule has 0 saturated carbocycles. The van der Waals surface area contributed by atoms with E-state index in [0.717, 1.165) is 11.1 Å². The predicted molar refractivity (Wildman–Crippen MR) is 81.6 cm³/mol. The van der Waals surface area contributed by atoms with Crippen LogP contribution in [-0.2, 0) is 0 Å². The van der Waals surface area contributed by atoms with Gasteiger partial charge in [-0.3, -0.25) is 10.1 Å². The Bertz CT molecular complexity index is 843. The Hall–Kier alpha value is -2.73. The molecule has 22 heavy (non-hydrogen) atoms. The van der Waals surface area contributed by atoms with Crippen LogP contribution in [0.1, 0.15) is 5.56 Å². The Balaban J connectivity index is 2.04. The third kappa shape index (κ3) is 2.68. The molecule has 3 rings (SSSR count). The minimum Gasteiger partial charge on any atom is -0.333 e. The van der Waals surface area contributed by atoms with Gasteiger partial charge in [0, 0.05) is 16.7 Å². The van der Waals surface area contributed by atoms with E-state index in [1.54, 1.807) is 6.07 Å². The average molecular weight is 316 g/mol. The van der Waals surface area contributed by atoms with Crippen molar-refractivity contribution in [3.63, 3.8) is 0 Å². The van der Waals surface area contributed by atoms with Crippen molar-refractivity contribution in [2.24, 2.45) is 0 Å². The number of nitro benzene ring substituents is 1. The first-order valence-corrected chi connectivity index (χ1v) is 6.77. The van der Waals surface area contributed by atoms with Crippen LogP contribution in [0.25, 0.3) is 22.8 Å². The van der Waals surface area contributed by atoms with Crippen molar-refractivity contribution in [2.45, 2.75) is 6.92 Å². The molecule has 6 nitrogen and oxygen atoms in total. The van der Waals surface area contributed by atoms with Gasteiger partial charge in [0.1, 0.15) is 5.56 Å². The van der Waals surface area contributed by atoms with Crippen molar-refractivity contribution in [1.29, 1.82) is 0 Å². The summed E-state index contributed by atoms with van der Waals surface area (Å²) in [5.74, 6) is 0.457. The van der Waals surface area contributed by atoms with Gasteiger partial charge in [-0.05, 0) is 19.1 Å². The first kappa shape index (κ1) is 14.2. The number of hydrogen-bond donors (Lipinski definition) is 0. The lowest BCUT2D eigenvalue weighted by Crippen LogP contribution is -1.92. The maximum atomic E-state index is 11.1. The molecule has 0 saturated heterocycles. The molecule has 0 atom stereocenters. The lowest BCUT2D eigenvalue weighted by atomic mass is 10.1. The molecule has 3 aromatic rings. The molecular formula is C15H10ClN3O3. The number of aryl methyl sites for hydroxylation is 1. The van der Waals surface area contributed by atoms with Crippen LogP contribution in [0.2, 0.25) is 5.02 Å². The van der Waals surface area contributed by atoms with E-state index in [0.29, 0.717) is 5.82 Å². The van der Waals surface area contributed by atoms with Gasteiger partial charge >= 0.3 is 0 Å². The first-order valence-electron chi connectivity index (χ1n) is 6.39. The first-order chi connectivity index (χ1) is 10.5. The van der Waals surface area contributed by atoms with Gasteiger partial charge in [-0.25, -0.2) is 0 Å². The maximum absolute atomic E-state index is 11.1. The van der Waals surface area contributed by atoms with Crippen molar-refractivity contribution in [3.8, 4) is 22.8 Å². The molecule has 0 aliphatic heterocycles. The van der Waals surface area contributed by atoms with Gasteiger partial charge in [-0.15, -0.1) is 0 Å². The summed E-state index contributed by atoms with van der Waals surface area (Å²) in [5.41, 5.74) is 1.95. The molecule has 7 heteroatoms. The standard InChI is InChI=1S/C15H10ClN3O3/c1-9-2-4-10(5-3-9)14-17-15(22-18-14)12-7-6-11(16)8-13(12)19(20)21/h2-8H,1H3. The van der Waals surface area contributed by atoms with Gasteiger partial charge in [0.25, 0.3) is 11.6 Å². The molecule has 0 spiro atoms. The van der Waals surface area contributed by atoms with Crippen molar-refractivity contribution in [3.05, 3.63) is 63.2 Å². The van der Waals surface area contributed by atoms with E-state index in [1.165, 1.54) is 12.1 Å². The highest BCUT2D eigenvalue weighted by Gasteiger charge is 2.21. The Morgan fingerprint density at radius 1 is 1.18 bits per heavy atom. The Labute approximate surface area is 130 Å². The average Bonchev–Trinajstić information content (AvgIpc) is 2.97. The van der Waals surface area contributed by atoms with Crippen LogP contribution >= 0.6 is 11.6 Å². The lowest BCUT2D eigenvalue weighted by Gasteiger charge is -1.98. The molecule has 1 aromatic heterocycles. The molecule has 2 aromatic carbocycles. The van der Waals surface area contributed by atoms with Crippen LogP contribution in [0.4, 0.5) is 5.69 Å². The monoisotopic (exact) mass is 315 g/mol. The van der Waals surface area contributed by atoms with E-state index in [1.807, 2.05) is 31.2 Å². The van der Waals surface area contributed by atoms with Crippen LogP contribution in [0.3, 0.4) is 0 Å². The van der Waals surface area contributed by atoms with E-state index in [9.17, 15) is 10.1 Å². The third-order valence-electron chi connectivity index (χ3n) is 3.12. The molecule has 0 fully saturated rings. The molecule has 1 heterocycles. The van der Waals surface area contributed by atoms with E-state index >= 15 is 0 Å². The number of benzene rings is 2. The number of aromatic nitrogens is 2. The molecule has 0 radical (unpaired) electrons. The predicted octanol–water partition coefficient (Wildman–Crippen LogP) is 4.27. The van der Waals surface area contributed by atoms with E-state index in [-0.39, 0.29) is 22.2 Å². The fourth-order valence-corrected chi connectivity index (χ4v) is 2.16. The minimum atomic E-state index is -0.531. The third-order valence-corrected chi connectivity index (χ3v) is 3.36. The fourth-order valence-electron chi connectivity index (χ4n) is 1.99. The SMILES string of the molecule is Cc1ccc(-c2noc(-c3ccc(Cl)cc3[N+](=O)[O-])n2)cc1. The number of nitro groups is 1. The van der Waals surface area contributed by atoms with Crippen molar-refractivity contribution < 1.29 is 9.45 Å². The van der Waals surface area contributed by atoms with Crippen LogP contribution < -0.4 is 0 Å². The van der Waals surface area contributed by atoms with Gasteiger partial charge in [0.05, 0.1) is 4.92 Å². The summed E-state index contributed by atoms with van der Waals surface area (Å²) in [5, 5.41) is 15.3. The summed E-state index contributed by atoms with van der Waals surface area (Å²) < 4.78 is 5.16. The summed E-state index contributed by atoms with van der Waals surface area (Å²) in [6.07, 6.45) is 0. The molecule has 0 bridgehead atoms. The second-order valence-corrected chi connectivity index (χ2v) is 5.14. The van der Waals surface area contributed by atoms with Crippen LogP contribution in [0, 0.1) is 17.0 Å². The normalized spacial score (nSPS) is 10.6. The largest absolute Gasteiger partial charge is 0.333 e. The van der Waals surface area contributed by atoms with Gasteiger partial charge in [-0.2, -0.15) is 4.98 Å². The molecule has 0 N–H and O–H groups in total. The summed E-state index contributed by atoms with van der Waals surface area (Å²) in [7, 11) is 0. The molecule has 0 aliphatic rings. The molecule has 0 amide bonds. The zero-order valence-corrected chi connectivity index (χ0v) is 12.2. The van der Waals surface area contributed by atoms with Gasteiger partial charge in [0.15, 0.2) is 0 Å². The zero-order valence-electron chi connectivity index (χ0n) is 11.5. The summed E-state index contributed by atoms with van der Waals surface area (Å²) in [6.45, 7) is 1.97. The number of nitrogens with zero attached hydrogens (tertiary/aromatic N) is 3. The van der Waals surface area contributed by atoms with E-state index in [2.05, 4.69) is 10.1 Å². The lowest BCUT2D eigenvalue weighted by molar-refractivity contribution is -0.384. The maximum Gasteiger partial charge on any atom is 0.283 e. The number of hydrogen-bond acceptors (Lipinski definition) is 5. The highest BCUT2D eigenvalue weighted by atomic mass is 35.5. The van der Waals surface area contributed by atoms with Gasteiger partial charge < -0.3 is 4.52 Å². The van der Waals surface area contributed by atoms with Crippen molar-refractivity contribution in [2.75, 3.05) is 0 Å². The Morgan fingerprint density at radius 3 is 2.59 bits per heavy atom. The summed E-state index contributed by atoms with van der Waals surface area (Å²) >= 11 is 5.79. The van der Waals surface area contributed by atoms with E-state index in [4.69, 9.17) is 16.1 Å². The minimum absolute atomic E-state index is 0.0824. The van der Waals surface area contributed by atoms with Crippen LogP contribution in [0.15, 0.2) is 47.0 Å². The molecule has 0 aliphatic carbocycles. The second-order valence-electron chi connectivity index (χ2n) is 4.71. The number of rotatable bonds is 3. The topological polar surface area (TPSA) is 82.1 Å². The Morgan fingerprint density at radius 2 is 1.91 bits per heavy atom. The summed E-state index contributed by atoms with van der Waals surface area (Å²) in [6, 6.07) is 11.9. The highest BCUT2D eigenvalue weighted by molar-refractivity contribution is 6.30. The van der Waals surface area contributed by atoms with Gasteiger partial charge in [0.2, 0.25) is 5.82 Å². The van der Waals surface area contributed by atoms with Crippen LogP contribution in [-0.4, -0.2) is 15.1 Å².